The maximum Gasteiger partial charge on any atom is 0.229 e. The molecule has 0 aliphatic heterocycles. The zero-order valence-corrected chi connectivity index (χ0v) is 10.6. The molecule has 2 heteroatoms. The number of rotatable bonds is 5. The van der Waals surface area contributed by atoms with Crippen LogP contribution in [0.4, 0.5) is 0 Å². The van der Waals surface area contributed by atoms with Crippen molar-refractivity contribution in [1.29, 1.82) is 0 Å². The van der Waals surface area contributed by atoms with Gasteiger partial charge in [0.25, 0.3) is 0 Å². The molecule has 0 aromatic heterocycles. The molecule has 1 aliphatic rings. The molecule has 0 saturated heterocycles. The summed E-state index contributed by atoms with van der Waals surface area (Å²) in [4.78, 5) is 14.4. The molecule has 0 aromatic rings. The van der Waals surface area contributed by atoms with Gasteiger partial charge in [-0.05, 0) is 25.7 Å². The van der Waals surface area contributed by atoms with Crippen molar-refractivity contribution < 1.29 is 4.79 Å². The number of carbonyl (C=O) groups is 1. The summed E-state index contributed by atoms with van der Waals surface area (Å²) >= 11 is 0. The summed E-state index contributed by atoms with van der Waals surface area (Å²) in [5.74, 6) is 2.90. The van der Waals surface area contributed by atoms with Crippen molar-refractivity contribution in [2.75, 3.05) is 13.1 Å². The van der Waals surface area contributed by atoms with Crippen LogP contribution in [0.25, 0.3) is 0 Å². The van der Waals surface area contributed by atoms with Crippen molar-refractivity contribution in [3.8, 4) is 12.3 Å². The summed E-state index contributed by atoms with van der Waals surface area (Å²) in [6, 6.07) is 0. The topological polar surface area (TPSA) is 20.3 Å². The fourth-order valence-electron chi connectivity index (χ4n) is 2.74. The summed E-state index contributed by atoms with van der Waals surface area (Å²) in [5, 5.41) is 0. The first-order valence-corrected chi connectivity index (χ1v) is 6.43. The third-order valence-corrected chi connectivity index (χ3v) is 3.75. The van der Waals surface area contributed by atoms with Crippen LogP contribution >= 0.6 is 0 Å². The lowest BCUT2D eigenvalue weighted by Gasteiger charge is -2.32. The van der Waals surface area contributed by atoms with Gasteiger partial charge in [0.05, 0.1) is 6.54 Å². The van der Waals surface area contributed by atoms with E-state index in [0.717, 1.165) is 32.2 Å². The molecule has 0 N–H and O–H groups in total. The van der Waals surface area contributed by atoms with Crippen LogP contribution in [0.1, 0.15) is 52.4 Å². The van der Waals surface area contributed by atoms with Crippen LogP contribution in [0.5, 0.6) is 0 Å². The zero-order valence-electron chi connectivity index (χ0n) is 10.6. The normalized spacial score (nSPS) is 18.1. The van der Waals surface area contributed by atoms with E-state index in [0.29, 0.717) is 12.5 Å². The molecule has 0 aromatic carbocycles. The van der Waals surface area contributed by atoms with E-state index in [1.54, 1.807) is 0 Å². The standard InChI is InChI=1S/C14H23NO/c1-4-11-15(12-5-2)13(16)14(6-3)9-7-8-10-14/h1H,5-12H2,2-3H3. The fraction of sp³-hybridized carbons (Fsp3) is 0.786. The Morgan fingerprint density at radius 2 is 2.00 bits per heavy atom. The molecule has 1 rings (SSSR count). The van der Waals surface area contributed by atoms with Crippen LogP contribution in [0.2, 0.25) is 0 Å². The van der Waals surface area contributed by atoms with Gasteiger partial charge < -0.3 is 4.90 Å². The van der Waals surface area contributed by atoms with Crippen LogP contribution in [0, 0.1) is 17.8 Å². The monoisotopic (exact) mass is 221 g/mol. The van der Waals surface area contributed by atoms with Crippen molar-refractivity contribution in [2.45, 2.75) is 52.4 Å². The fourth-order valence-corrected chi connectivity index (χ4v) is 2.74. The van der Waals surface area contributed by atoms with Crippen LogP contribution in [0.15, 0.2) is 0 Å². The minimum atomic E-state index is -0.0912. The van der Waals surface area contributed by atoms with Crippen LogP contribution < -0.4 is 0 Å². The second-order valence-electron chi connectivity index (χ2n) is 4.77. The van der Waals surface area contributed by atoms with Crippen LogP contribution in [-0.4, -0.2) is 23.9 Å². The van der Waals surface area contributed by atoms with E-state index in [2.05, 4.69) is 19.8 Å². The summed E-state index contributed by atoms with van der Waals surface area (Å²) in [5.41, 5.74) is -0.0912. The first-order chi connectivity index (χ1) is 7.70. The third kappa shape index (κ3) is 2.58. The van der Waals surface area contributed by atoms with Gasteiger partial charge >= 0.3 is 0 Å². The molecule has 0 spiro atoms. The number of terminal acetylenes is 1. The average Bonchev–Trinajstić information content (AvgIpc) is 2.77. The second kappa shape index (κ2) is 5.94. The van der Waals surface area contributed by atoms with E-state index >= 15 is 0 Å². The summed E-state index contributed by atoms with van der Waals surface area (Å²) in [6.07, 6.45) is 11.7. The maximum absolute atomic E-state index is 12.5. The summed E-state index contributed by atoms with van der Waals surface area (Å²) in [7, 11) is 0. The lowest BCUT2D eigenvalue weighted by molar-refractivity contribution is -0.141. The Hall–Kier alpha value is -0.970. The molecule has 1 aliphatic carbocycles. The van der Waals surface area contributed by atoms with Crippen molar-refractivity contribution in [1.82, 2.24) is 4.90 Å². The highest BCUT2D eigenvalue weighted by Gasteiger charge is 2.41. The largest absolute Gasteiger partial charge is 0.331 e. The molecule has 90 valence electrons. The molecule has 0 unspecified atom stereocenters. The van der Waals surface area contributed by atoms with E-state index in [-0.39, 0.29) is 5.41 Å². The van der Waals surface area contributed by atoms with E-state index < -0.39 is 0 Å². The van der Waals surface area contributed by atoms with Gasteiger partial charge in [0.2, 0.25) is 5.91 Å². The van der Waals surface area contributed by atoms with Crippen molar-refractivity contribution in [3.63, 3.8) is 0 Å². The Kier molecular flexibility index (Phi) is 4.86. The van der Waals surface area contributed by atoms with E-state index in [9.17, 15) is 4.79 Å². The zero-order chi connectivity index (χ0) is 12.0. The number of hydrogen-bond acceptors (Lipinski definition) is 1. The predicted molar refractivity (Wildman–Crippen MR) is 66.9 cm³/mol. The maximum atomic E-state index is 12.5. The average molecular weight is 221 g/mol. The van der Waals surface area contributed by atoms with Gasteiger partial charge in [0.1, 0.15) is 0 Å². The van der Waals surface area contributed by atoms with Crippen molar-refractivity contribution >= 4 is 5.91 Å². The quantitative estimate of drug-likeness (QED) is 0.654. The first kappa shape index (κ1) is 13.1. The van der Waals surface area contributed by atoms with Gasteiger partial charge in [0, 0.05) is 12.0 Å². The number of amides is 1. The van der Waals surface area contributed by atoms with Gasteiger partial charge in [-0.1, -0.05) is 32.6 Å². The minimum absolute atomic E-state index is 0.0912. The number of carbonyl (C=O) groups excluding carboxylic acids is 1. The Labute approximate surface area is 99.4 Å². The molecule has 0 atom stereocenters. The number of hydrogen-bond donors (Lipinski definition) is 0. The molecule has 1 amide bonds. The highest BCUT2D eigenvalue weighted by molar-refractivity contribution is 5.83. The molecule has 1 fully saturated rings. The summed E-state index contributed by atoms with van der Waals surface area (Å²) < 4.78 is 0. The highest BCUT2D eigenvalue weighted by atomic mass is 16.2. The highest BCUT2D eigenvalue weighted by Crippen LogP contribution is 2.42. The summed E-state index contributed by atoms with van der Waals surface area (Å²) in [6.45, 7) is 5.48. The first-order valence-electron chi connectivity index (χ1n) is 6.43. The Morgan fingerprint density at radius 3 is 2.44 bits per heavy atom. The van der Waals surface area contributed by atoms with Gasteiger partial charge in [-0.2, -0.15) is 0 Å². The van der Waals surface area contributed by atoms with Gasteiger partial charge in [-0.15, -0.1) is 6.42 Å². The molecule has 0 bridgehead atoms. The molecule has 0 heterocycles. The van der Waals surface area contributed by atoms with Crippen LogP contribution in [-0.2, 0) is 4.79 Å². The molecule has 0 radical (unpaired) electrons. The second-order valence-corrected chi connectivity index (χ2v) is 4.77. The van der Waals surface area contributed by atoms with Crippen LogP contribution in [0.3, 0.4) is 0 Å². The van der Waals surface area contributed by atoms with Crippen molar-refractivity contribution in [2.24, 2.45) is 5.41 Å². The smallest absolute Gasteiger partial charge is 0.229 e. The predicted octanol–water partition coefficient (Wildman–Crippen LogP) is 2.83. The van der Waals surface area contributed by atoms with Gasteiger partial charge in [-0.25, -0.2) is 0 Å². The van der Waals surface area contributed by atoms with Gasteiger partial charge in [-0.3, -0.25) is 4.79 Å². The lowest BCUT2D eigenvalue weighted by Crippen LogP contribution is -2.43. The Balaban J connectivity index is 2.75. The van der Waals surface area contributed by atoms with E-state index in [1.807, 2.05) is 4.90 Å². The Morgan fingerprint density at radius 1 is 1.38 bits per heavy atom. The van der Waals surface area contributed by atoms with Crippen molar-refractivity contribution in [3.05, 3.63) is 0 Å². The third-order valence-electron chi connectivity index (χ3n) is 3.75. The lowest BCUT2D eigenvalue weighted by atomic mass is 9.82. The molecule has 16 heavy (non-hydrogen) atoms. The van der Waals surface area contributed by atoms with Gasteiger partial charge in [0.15, 0.2) is 0 Å². The molecule has 2 nitrogen and oxygen atoms in total. The molecular formula is C14H23NO. The molecular weight excluding hydrogens is 198 g/mol. The SMILES string of the molecule is C#CCN(CCC)C(=O)C1(CC)CCCC1. The van der Waals surface area contributed by atoms with E-state index in [4.69, 9.17) is 6.42 Å². The number of nitrogens with zero attached hydrogens (tertiary/aromatic N) is 1. The van der Waals surface area contributed by atoms with E-state index in [1.165, 1.54) is 12.8 Å². The molecule has 1 saturated carbocycles. The Bertz CT molecular complexity index is 271. The minimum Gasteiger partial charge on any atom is -0.331 e.